The highest BCUT2D eigenvalue weighted by Crippen LogP contribution is 2.30. The second-order valence-corrected chi connectivity index (χ2v) is 4.92. The molecule has 2 N–H and O–H groups in total. The van der Waals surface area contributed by atoms with Gasteiger partial charge in [0.2, 0.25) is 0 Å². The minimum atomic E-state index is -0.337. The lowest BCUT2D eigenvalue weighted by atomic mass is 10.2. The Balaban J connectivity index is 2.47. The van der Waals surface area contributed by atoms with Gasteiger partial charge < -0.3 is 10.6 Å². The Labute approximate surface area is 119 Å². The zero-order valence-corrected chi connectivity index (χ0v) is 12.5. The van der Waals surface area contributed by atoms with Crippen molar-refractivity contribution in [1.82, 2.24) is 9.97 Å². The summed E-state index contributed by atoms with van der Waals surface area (Å²) in [5, 5.41) is 6.01. The summed E-state index contributed by atoms with van der Waals surface area (Å²) in [6.07, 6.45) is 0. The molecule has 0 amide bonds. The van der Waals surface area contributed by atoms with Crippen LogP contribution in [0.3, 0.4) is 0 Å². The molecule has 0 bridgehead atoms. The number of para-hydroxylation sites is 1. The molecule has 2 rings (SSSR count). The molecule has 1 aromatic carbocycles. The van der Waals surface area contributed by atoms with Gasteiger partial charge in [0, 0.05) is 17.1 Å². The molecule has 19 heavy (non-hydrogen) atoms. The minimum Gasteiger partial charge on any atom is -0.373 e. The highest BCUT2D eigenvalue weighted by Gasteiger charge is 2.12. The van der Waals surface area contributed by atoms with Crippen LogP contribution in [0.1, 0.15) is 11.4 Å². The van der Waals surface area contributed by atoms with E-state index in [0.717, 1.165) is 11.4 Å². The molecule has 0 aliphatic rings. The van der Waals surface area contributed by atoms with Gasteiger partial charge in [-0.3, -0.25) is 0 Å². The van der Waals surface area contributed by atoms with E-state index in [-0.39, 0.29) is 5.82 Å². The highest BCUT2D eigenvalue weighted by atomic mass is 79.9. The number of halogens is 2. The van der Waals surface area contributed by atoms with Gasteiger partial charge in [0.1, 0.15) is 23.3 Å². The number of aromatic nitrogens is 2. The van der Waals surface area contributed by atoms with Crippen LogP contribution in [0.15, 0.2) is 22.7 Å². The fourth-order valence-electron chi connectivity index (χ4n) is 1.73. The largest absolute Gasteiger partial charge is 0.373 e. The van der Waals surface area contributed by atoms with Gasteiger partial charge in [0.05, 0.1) is 5.69 Å². The summed E-state index contributed by atoms with van der Waals surface area (Å²) >= 11 is 3.32. The number of anilines is 3. The molecule has 0 atom stereocenters. The molecule has 0 radical (unpaired) electrons. The van der Waals surface area contributed by atoms with Gasteiger partial charge in [-0.25, -0.2) is 14.4 Å². The van der Waals surface area contributed by atoms with Crippen molar-refractivity contribution in [3.63, 3.8) is 0 Å². The number of aryl methyl sites for hydroxylation is 1. The Kier molecular flexibility index (Phi) is 3.99. The lowest BCUT2D eigenvalue weighted by Gasteiger charge is -2.14. The monoisotopic (exact) mass is 324 g/mol. The van der Waals surface area contributed by atoms with Crippen molar-refractivity contribution in [1.29, 1.82) is 0 Å². The summed E-state index contributed by atoms with van der Waals surface area (Å²) in [6.45, 7) is 3.67. The number of hydrogen-bond acceptors (Lipinski definition) is 4. The van der Waals surface area contributed by atoms with E-state index >= 15 is 0 Å². The number of nitrogens with one attached hydrogen (secondary N) is 2. The van der Waals surface area contributed by atoms with E-state index < -0.39 is 0 Å². The van der Waals surface area contributed by atoms with Gasteiger partial charge in [0.15, 0.2) is 0 Å². The van der Waals surface area contributed by atoms with Crippen LogP contribution >= 0.6 is 15.9 Å². The van der Waals surface area contributed by atoms with Crippen LogP contribution in [0, 0.1) is 19.7 Å². The van der Waals surface area contributed by atoms with Crippen LogP contribution in [0.25, 0.3) is 0 Å². The average Bonchev–Trinajstić information content (AvgIpc) is 2.37. The molecular weight excluding hydrogens is 311 g/mol. The van der Waals surface area contributed by atoms with Crippen LogP contribution < -0.4 is 10.6 Å². The van der Waals surface area contributed by atoms with Crippen molar-refractivity contribution in [2.75, 3.05) is 17.7 Å². The first kappa shape index (κ1) is 13.7. The molecule has 0 spiro atoms. The molecule has 0 saturated heterocycles. The molecule has 0 fully saturated rings. The molecule has 2 aromatic rings. The molecular formula is C13H14BrFN4. The Bertz CT molecular complexity index is 596. The average molecular weight is 325 g/mol. The summed E-state index contributed by atoms with van der Waals surface area (Å²) in [7, 11) is 1.79. The smallest absolute Gasteiger partial charge is 0.147 e. The number of benzene rings is 1. The Morgan fingerprint density at radius 3 is 2.47 bits per heavy atom. The lowest BCUT2D eigenvalue weighted by Crippen LogP contribution is -2.06. The summed E-state index contributed by atoms with van der Waals surface area (Å²) in [6, 6.07) is 4.81. The first-order valence-electron chi connectivity index (χ1n) is 5.77. The molecule has 0 aliphatic heterocycles. The van der Waals surface area contributed by atoms with Crippen molar-refractivity contribution >= 4 is 33.3 Å². The second kappa shape index (κ2) is 5.52. The molecule has 6 heteroatoms. The molecule has 4 nitrogen and oxygen atoms in total. The Morgan fingerprint density at radius 1 is 1.16 bits per heavy atom. The van der Waals surface area contributed by atoms with Crippen LogP contribution in [0.2, 0.25) is 0 Å². The molecule has 100 valence electrons. The normalized spacial score (nSPS) is 10.4. The molecule has 0 unspecified atom stereocenters. The number of hydrogen-bond donors (Lipinski definition) is 2. The van der Waals surface area contributed by atoms with Gasteiger partial charge >= 0.3 is 0 Å². The molecule has 0 aliphatic carbocycles. The maximum absolute atomic E-state index is 13.8. The summed E-state index contributed by atoms with van der Waals surface area (Å²) in [4.78, 5) is 8.58. The number of rotatable bonds is 3. The predicted octanol–water partition coefficient (Wildman–Crippen LogP) is 3.78. The zero-order valence-electron chi connectivity index (χ0n) is 10.9. The van der Waals surface area contributed by atoms with Gasteiger partial charge in [-0.1, -0.05) is 6.07 Å². The molecule has 1 heterocycles. The predicted molar refractivity (Wildman–Crippen MR) is 78.4 cm³/mol. The Morgan fingerprint density at radius 2 is 1.84 bits per heavy atom. The SMILES string of the molecule is CNc1nc(C)nc(Nc2c(F)cccc2Br)c1C. The quantitative estimate of drug-likeness (QED) is 0.902. The van der Waals surface area contributed by atoms with E-state index in [1.54, 1.807) is 26.1 Å². The van der Waals surface area contributed by atoms with Gasteiger partial charge in [-0.15, -0.1) is 0 Å². The third-order valence-electron chi connectivity index (χ3n) is 2.70. The topological polar surface area (TPSA) is 49.8 Å². The number of nitrogens with zero attached hydrogens (tertiary/aromatic N) is 2. The van der Waals surface area contributed by atoms with E-state index in [1.165, 1.54) is 6.07 Å². The van der Waals surface area contributed by atoms with Crippen LogP contribution in [-0.2, 0) is 0 Å². The highest BCUT2D eigenvalue weighted by molar-refractivity contribution is 9.10. The van der Waals surface area contributed by atoms with Crippen molar-refractivity contribution in [3.8, 4) is 0 Å². The van der Waals surface area contributed by atoms with E-state index in [0.29, 0.717) is 21.8 Å². The van der Waals surface area contributed by atoms with Crippen molar-refractivity contribution in [3.05, 3.63) is 39.9 Å². The second-order valence-electron chi connectivity index (χ2n) is 4.06. The van der Waals surface area contributed by atoms with Crippen LogP contribution in [-0.4, -0.2) is 17.0 Å². The summed E-state index contributed by atoms with van der Waals surface area (Å²) in [5.74, 6) is 1.59. The maximum atomic E-state index is 13.8. The minimum absolute atomic E-state index is 0.337. The summed E-state index contributed by atoms with van der Waals surface area (Å²) in [5.41, 5.74) is 1.20. The lowest BCUT2D eigenvalue weighted by molar-refractivity contribution is 0.631. The van der Waals surface area contributed by atoms with Gasteiger partial charge in [-0.2, -0.15) is 0 Å². The van der Waals surface area contributed by atoms with E-state index in [2.05, 4.69) is 36.5 Å². The van der Waals surface area contributed by atoms with Crippen LogP contribution in [0.4, 0.5) is 21.7 Å². The van der Waals surface area contributed by atoms with E-state index in [1.807, 2.05) is 6.92 Å². The maximum Gasteiger partial charge on any atom is 0.147 e. The first-order valence-corrected chi connectivity index (χ1v) is 6.56. The Hall–Kier alpha value is -1.69. The van der Waals surface area contributed by atoms with Gasteiger partial charge in [0.25, 0.3) is 0 Å². The van der Waals surface area contributed by atoms with Crippen molar-refractivity contribution < 1.29 is 4.39 Å². The van der Waals surface area contributed by atoms with Crippen molar-refractivity contribution in [2.24, 2.45) is 0 Å². The summed E-state index contributed by atoms with van der Waals surface area (Å²) < 4.78 is 14.4. The van der Waals surface area contributed by atoms with Crippen LogP contribution in [0.5, 0.6) is 0 Å². The third kappa shape index (κ3) is 2.84. The van der Waals surface area contributed by atoms with Gasteiger partial charge in [-0.05, 0) is 41.9 Å². The third-order valence-corrected chi connectivity index (χ3v) is 3.36. The van der Waals surface area contributed by atoms with E-state index in [9.17, 15) is 4.39 Å². The molecule has 0 saturated carbocycles. The first-order chi connectivity index (χ1) is 9.02. The van der Waals surface area contributed by atoms with E-state index in [4.69, 9.17) is 0 Å². The zero-order chi connectivity index (χ0) is 14.0. The molecule has 1 aromatic heterocycles. The fraction of sp³-hybridized carbons (Fsp3) is 0.231. The standard InChI is InChI=1S/C13H14BrFN4/c1-7-12(16-3)17-8(2)18-13(7)19-11-9(14)5-4-6-10(11)15/h4-6H,1-3H3,(H2,16,17,18,19). The van der Waals surface area contributed by atoms with Crippen molar-refractivity contribution in [2.45, 2.75) is 13.8 Å². The fourth-order valence-corrected chi connectivity index (χ4v) is 2.17.